The fraction of sp³-hybridized carbons (Fsp3) is 0.333. The standard InChI is InChI=1S/C27H32N2O2/c1-26(2,3)19-27(4,5)22-13-15-23(16-14-22)31-18-25(30)29-28-17-21-11-8-10-20-9-6-7-12-24(20)21/h6-17H,18-19H2,1-5H3,(H,29,30). The molecule has 0 spiro atoms. The van der Waals surface area contributed by atoms with Crippen LogP contribution in [0.5, 0.6) is 5.75 Å². The van der Waals surface area contributed by atoms with E-state index in [1.807, 2.05) is 42.5 Å². The average Bonchev–Trinajstić information content (AvgIpc) is 2.71. The summed E-state index contributed by atoms with van der Waals surface area (Å²) in [4.78, 5) is 12.1. The Morgan fingerprint density at radius 2 is 1.61 bits per heavy atom. The summed E-state index contributed by atoms with van der Waals surface area (Å²) in [5.74, 6) is 0.372. The number of benzene rings is 3. The molecule has 4 heteroatoms. The summed E-state index contributed by atoms with van der Waals surface area (Å²) in [6.45, 7) is 11.2. The molecule has 3 rings (SSSR count). The van der Waals surface area contributed by atoms with Crippen LogP contribution in [-0.2, 0) is 10.2 Å². The van der Waals surface area contributed by atoms with Crippen LogP contribution in [0.4, 0.5) is 0 Å². The van der Waals surface area contributed by atoms with Gasteiger partial charge in [0.1, 0.15) is 5.75 Å². The van der Waals surface area contributed by atoms with Crippen LogP contribution in [0.2, 0.25) is 0 Å². The number of carbonyl (C=O) groups is 1. The van der Waals surface area contributed by atoms with Gasteiger partial charge in [0.2, 0.25) is 0 Å². The molecular weight excluding hydrogens is 384 g/mol. The molecule has 0 aromatic heterocycles. The van der Waals surface area contributed by atoms with Gasteiger partial charge in [0.15, 0.2) is 6.61 Å². The van der Waals surface area contributed by atoms with E-state index in [-0.39, 0.29) is 23.3 Å². The number of fused-ring (bicyclic) bond motifs is 1. The van der Waals surface area contributed by atoms with Crippen molar-refractivity contribution in [1.82, 2.24) is 5.43 Å². The molecule has 0 radical (unpaired) electrons. The smallest absolute Gasteiger partial charge is 0.277 e. The number of nitrogens with zero attached hydrogens (tertiary/aromatic N) is 1. The summed E-state index contributed by atoms with van der Waals surface area (Å²) in [7, 11) is 0. The van der Waals surface area contributed by atoms with Crippen molar-refractivity contribution < 1.29 is 9.53 Å². The van der Waals surface area contributed by atoms with Crippen LogP contribution < -0.4 is 10.2 Å². The van der Waals surface area contributed by atoms with Crippen LogP contribution in [0, 0.1) is 5.41 Å². The lowest BCUT2D eigenvalue weighted by Crippen LogP contribution is -2.25. The zero-order valence-electron chi connectivity index (χ0n) is 19.1. The lowest BCUT2D eigenvalue weighted by atomic mass is 9.72. The van der Waals surface area contributed by atoms with Crippen LogP contribution in [-0.4, -0.2) is 18.7 Å². The molecule has 3 aromatic rings. The van der Waals surface area contributed by atoms with Crippen molar-refractivity contribution in [3.8, 4) is 5.75 Å². The first kappa shape index (κ1) is 22.5. The minimum atomic E-state index is -0.298. The van der Waals surface area contributed by atoms with E-state index in [9.17, 15) is 4.79 Å². The minimum Gasteiger partial charge on any atom is -0.484 e. The number of hydrogen-bond acceptors (Lipinski definition) is 3. The van der Waals surface area contributed by atoms with E-state index in [0.717, 1.165) is 22.8 Å². The molecule has 1 amide bonds. The van der Waals surface area contributed by atoms with Gasteiger partial charge in [-0.2, -0.15) is 5.10 Å². The van der Waals surface area contributed by atoms with Gasteiger partial charge in [-0.05, 0) is 45.7 Å². The molecule has 0 saturated heterocycles. The Labute approximate surface area is 185 Å². The number of rotatable bonds is 7. The van der Waals surface area contributed by atoms with E-state index >= 15 is 0 Å². The van der Waals surface area contributed by atoms with Gasteiger partial charge < -0.3 is 4.74 Å². The topological polar surface area (TPSA) is 50.7 Å². The maximum atomic E-state index is 12.1. The molecule has 1 N–H and O–H groups in total. The predicted octanol–water partition coefficient (Wildman–Crippen LogP) is 6.08. The molecule has 0 aliphatic carbocycles. The van der Waals surface area contributed by atoms with Gasteiger partial charge in [-0.25, -0.2) is 5.43 Å². The minimum absolute atomic E-state index is 0.0739. The van der Waals surface area contributed by atoms with Crippen LogP contribution in [0.25, 0.3) is 10.8 Å². The Morgan fingerprint density at radius 3 is 2.32 bits per heavy atom. The highest BCUT2D eigenvalue weighted by molar-refractivity contribution is 5.99. The van der Waals surface area contributed by atoms with Crippen molar-refractivity contribution in [1.29, 1.82) is 0 Å². The molecule has 3 aromatic carbocycles. The lowest BCUT2D eigenvalue weighted by Gasteiger charge is -2.33. The van der Waals surface area contributed by atoms with Gasteiger partial charge in [-0.3, -0.25) is 4.79 Å². The van der Waals surface area contributed by atoms with Crippen molar-refractivity contribution in [3.05, 3.63) is 77.9 Å². The third-order valence-corrected chi connectivity index (χ3v) is 5.19. The maximum absolute atomic E-state index is 12.1. The first-order chi connectivity index (χ1) is 14.6. The zero-order chi connectivity index (χ0) is 22.5. The molecule has 162 valence electrons. The Bertz CT molecular complexity index is 1060. The van der Waals surface area contributed by atoms with Gasteiger partial charge in [-0.1, -0.05) is 89.2 Å². The molecular formula is C27H32N2O2. The molecule has 31 heavy (non-hydrogen) atoms. The number of carbonyl (C=O) groups excluding carboxylic acids is 1. The van der Waals surface area contributed by atoms with Crippen molar-refractivity contribution in [2.45, 2.75) is 46.5 Å². The Kier molecular flexibility index (Phi) is 6.79. The van der Waals surface area contributed by atoms with Crippen LogP contribution in [0.3, 0.4) is 0 Å². The Morgan fingerprint density at radius 1 is 0.935 bits per heavy atom. The summed E-state index contributed by atoms with van der Waals surface area (Å²) in [6, 6.07) is 22.1. The number of amides is 1. The summed E-state index contributed by atoms with van der Waals surface area (Å²) >= 11 is 0. The summed E-state index contributed by atoms with van der Waals surface area (Å²) in [5, 5.41) is 6.31. The SMILES string of the molecule is CC(C)(C)CC(C)(C)c1ccc(OCC(=O)NN=Cc2cccc3ccccc23)cc1. The number of nitrogens with one attached hydrogen (secondary N) is 1. The van der Waals surface area contributed by atoms with E-state index in [1.165, 1.54) is 5.56 Å². The quantitative estimate of drug-likeness (QED) is 0.375. The molecule has 0 aliphatic heterocycles. The fourth-order valence-corrected chi connectivity index (χ4v) is 4.15. The molecule has 0 atom stereocenters. The highest BCUT2D eigenvalue weighted by atomic mass is 16.5. The highest BCUT2D eigenvalue weighted by Gasteiger charge is 2.27. The largest absolute Gasteiger partial charge is 0.484 e. The molecule has 0 fully saturated rings. The average molecular weight is 417 g/mol. The predicted molar refractivity (Wildman–Crippen MR) is 129 cm³/mol. The molecule has 0 bridgehead atoms. The van der Waals surface area contributed by atoms with E-state index in [4.69, 9.17) is 4.74 Å². The van der Waals surface area contributed by atoms with E-state index in [2.05, 4.69) is 69.4 Å². The Hall–Kier alpha value is -3.14. The second kappa shape index (κ2) is 9.34. The van der Waals surface area contributed by atoms with E-state index in [0.29, 0.717) is 5.75 Å². The molecule has 0 unspecified atom stereocenters. The van der Waals surface area contributed by atoms with Gasteiger partial charge >= 0.3 is 0 Å². The molecule has 0 aliphatic rings. The maximum Gasteiger partial charge on any atom is 0.277 e. The van der Waals surface area contributed by atoms with Crippen molar-refractivity contribution in [2.24, 2.45) is 10.5 Å². The number of hydrogen-bond donors (Lipinski definition) is 1. The van der Waals surface area contributed by atoms with Crippen molar-refractivity contribution in [3.63, 3.8) is 0 Å². The fourth-order valence-electron chi connectivity index (χ4n) is 4.15. The van der Waals surface area contributed by atoms with E-state index in [1.54, 1.807) is 6.21 Å². The Balaban J connectivity index is 1.53. The van der Waals surface area contributed by atoms with Gasteiger partial charge in [0, 0.05) is 5.56 Å². The van der Waals surface area contributed by atoms with Crippen molar-refractivity contribution >= 4 is 22.9 Å². The summed E-state index contributed by atoms with van der Waals surface area (Å²) in [5.41, 5.74) is 5.07. The lowest BCUT2D eigenvalue weighted by molar-refractivity contribution is -0.123. The van der Waals surface area contributed by atoms with Crippen LogP contribution in [0.1, 0.15) is 52.2 Å². The van der Waals surface area contributed by atoms with E-state index < -0.39 is 0 Å². The molecule has 4 nitrogen and oxygen atoms in total. The number of hydrazone groups is 1. The number of ether oxygens (including phenoxy) is 1. The van der Waals surface area contributed by atoms with Crippen LogP contribution >= 0.6 is 0 Å². The normalized spacial score (nSPS) is 12.3. The van der Waals surface area contributed by atoms with Crippen LogP contribution in [0.15, 0.2) is 71.8 Å². The molecule has 0 heterocycles. The monoisotopic (exact) mass is 416 g/mol. The highest BCUT2D eigenvalue weighted by Crippen LogP contribution is 2.36. The summed E-state index contributed by atoms with van der Waals surface area (Å²) < 4.78 is 5.62. The van der Waals surface area contributed by atoms with Crippen molar-refractivity contribution in [2.75, 3.05) is 6.61 Å². The summed E-state index contributed by atoms with van der Waals surface area (Å²) in [6.07, 6.45) is 2.74. The third-order valence-electron chi connectivity index (χ3n) is 5.19. The van der Waals surface area contributed by atoms with Gasteiger partial charge in [-0.15, -0.1) is 0 Å². The second-order valence-electron chi connectivity index (χ2n) is 9.80. The second-order valence-corrected chi connectivity index (χ2v) is 9.80. The zero-order valence-corrected chi connectivity index (χ0v) is 19.1. The first-order valence-electron chi connectivity index (χ1n) is 10.7. The van der Waals surface area contributed by atoms with Gasteiger partial charge in [0.05, 0.1) is 6.21 Å². The molecule has 0 saturated carbocycles. The van der Waals surface area contributed by atoms with Gasteiger partial charge in [0.25, 0.3) is 5.91 Å². The first-order valence-corrected chi connectivity index (χ1v) is 10.7. The third kappa shape index (κ3) is 6.42.